The SMILES string of the molecule is CCP(=O)(OCC(F)(F)C(F)(F)C(F)(F)C(F)(F)C(F)(F)C(F)F)C(Cl)(Cl)P(=O)(CC)OCC(F)(F)C(F)(F)C(F)(F)C(F)(F)C(F)(F)C(F)F. The zero-order chi connectivity index (χ0) is 41.9. The topological polar surface area (TPSA) is 52.6 Å². The summed E-state index contributed by atoms with van der Waals surface area (Å²) >= 11 is 10.7. The molecule has 0 N–H and O–H groups in total. The maximum Gasteiger partial charge on any atom is 0.384 e. The molecule has 0 saturated heterocycles. The van der Waals surface area contributed by atoms with Gasteiger partial charge >= 0.3 is 72.1 Å². The third kappa shape index (κ3) is 7.49. The summed E-state index contributed by atoms with van der Waals surface area (Å²) in [5, 5.41) is 0. The van der Waals surface area contributed by atoms with Crippen molar-refractivity contribution in [3.63, 3.8) is 0 Å². The van der Waals surface area contributed by atoms with Gasteiger partial charge in [0.2, 0.25) is 14.7 Å². The quantitative estimate of drug-likeness (QED) is 0.0694. The van der Waals surface area contributed by atoms with E-state index in [1.165, 1.54) is 0 Å². The second kappa shape index (κ2) is 14.4. The molecule has 0 fully saturated rings. The van der Waals surface area contributed by atoms with Crippen LogP contribution in [0.1, 0.15) is 13.8 Å². The molecule has 0 rings (SSSR count). The molecule has 4 nitrogen and oxygen atoms in total. The first-order valence-electron chi connectivity index (χ1n) is 12.1. The minimum Gasteiger partial charge on any atom is -0.319 e. The number of hydrogen-bond acceptors (Lipinski definition) is 4. The van der Waals surface area contributed by atoms with Gasteiger partial charge in [-0.2, -0.15) is 87.8 Å². The van der Waals surface area contributed by atoms with E-state index >= 15 is 0 Å². The van der Waals surface area contributed by atoms with Crippen LogP contribution < -0.4 is 0 Å². The van der Waals surface area contributed by atoms with Gasteiger partial charge in [-0.05, 0) is 0 Å². The molecule has 308 valence electrons. The molecule has 2 unspecified atom stereocenters. The van der Waals surface area contributed by atoms with Gasteiger partial charge in [-0.1, -0.05) is 37.0 Å². The molecule has 0 bridgehead atoms. The Morgan fingerprint density at radius 1 is 0.451 bits per heavy atom. The first-order valence-corrected chi connectivity index (χ1v) is 16.5. The maximum atomic E-state index is 14.2. The molecular formula is C19H16Cl2F24O4P2. The van der Waals surface area contributed by atoms with Gasteiger partial charge in [0.05, 0.1) is 0 Å². The third-order valence-corrected chi connectivity index (χ3v) is 15.8. The molecule has 0 heterocycles. The lowest BCUT2D eigenvalue weighted by molar-refractivity contribution is -0.414. The normalized spacial score (nSPS) is 18.3. The largest absolute Gasteiger partial charge is 0.384 e. The van der Waals surface area contributed by atoms with Gasteiger partial charge in [-0.3, -0.25) is 9.13 Å². The summed E-state index contributed by atoms with van der Waals surface area (Å²) in [6.45, 7) is -6.96. The fourth-order valence-corrected chi connectivity index (χ4v) is 10.3. The van der Waals surface area contributed by atoms with E-state index in [2.05, 4.69) is 9.05 Å². The summed E-state index contributed by atoms with van der Waals surface area (Å²) in [6, 6.07) is 0. The monoisotopic (exact) mass is 896 g/mol. The van der Waals surface area contributed by atoms with Crippen LogP contribution in [0.2, 0.25) is 0 Å². The molecular weight excluding hydrogens is 881 g/mol. The molecule has 0 amide bonds. The van der Waals surface area contributed by atoms with E-state index in [0.717, 1.165) is 0 Å². The molecule has 0 saturated carbocycles. The molecule has 0 aromatic heterocycles. The Morgan fingerprint density at radius 3 is 0.843 bits per heavy atom. The van der Waals surface area contributed by atoms with Gasteiger partial charge in [0, 0.05) is 12.3 Å². The Morgan fingerprint density at radius 2 is 0.667 bits per heavy atom. The van der Waals surface area contributed by atoms with E-state index in [9.17, 15) is 115 Å². The number of halogens is 26. The lowest BCUT2D eigenvalue weighted by Gasteiger charge is -2.41. The molecule has 0 radical (unpaired) electrons. The summed E-state index contributed by atoms with van der Waals surface area (Å²) in [7, 11) is -12.6. The van der Waals surface area contributed by atoms with Gasteiger partial charge < -0.3 is 9.05 Å². The number of rotatable bonds is 20. The Balaban J connectivity index is 6.75. The van der Waals surface area contributed by atoms with Crippen LogP contribution in [0.3, 0.4) is 0 Å². The van der Waals surface area contributed by atoms with Gasteiger partial charge in [0.15, 0.2) is 0 Å². The number of alkyl halides is 26. The van der Waals surface area contributed by atoms with E-state index < -0.39 is 116 Å². The van der Waals surface area contributed by atoms with E-state index in [1.807, 2.05) is 0 Å². The van der Waals surface area contributed by atoms with Gasteiger partial charge in [0.1, 0.15) is 13.2 Å². The molecule has 0 aliphatic carbocycles. The van der Waals surface area contributed by atoms with Crippen molar-refractivity contribution in [2.24, 2.45) is 0 Å². The summed E-state index contributed by atoms with van der Waals surface area (Å²) in [5.74, 6) is -77.4. The highest BCUT2D eigenvalue weighted by Crippen LogP contribution is 2.81. The molecule has 0 aliphatic heterocycles. The van der Waals surface area contributed by atoms with Crippen LogP contribution in [-0.4, -0.2) is 101 Å². The van der Waals surface area contributed by atoms with Crippen molar-refractivity contribution in [1.29, 1.82) is 0 Å². The van der Waals surface area contributed by atoms with E-state index in [-0.39, 0.29) is 13.8 Å². The average Bonchev–Trinajstić information content (AvgIpc) is 2.97. The van der Waals surface area contributed by atoms with E-state index in [4.69, 9.17) is 23.2 Å². The van der Waals surface area contributed by atoms with Gasteiger partial charge in [-0.25, -0.2) is 17.6 Å². The first-order chi connectivity index (χ1) is 21.9. The fraction of sp³-hybridized carbons (Fsp3) is 1.00. The zero-order valence-corrected chi connectivity index (χ0v) is 27.1. The zero-order valence-electron chi connectivity index (χ0n) is 23.8. The van der Waals surface area contributed by atoms with Crippen LogP contribution in [-0.2, 0) is 18.2 Å². The lowest BCUT2D eigenvalue weighted by Crippen LogP contribution is -2.69. The molecule has 0 aliphatic rings. The van der Waals surface area contributed by atoms with Gasteiger partial charge in [0.25, 0.3) is 3.82 Å². The second-order valence-electron chi connectivity index (χ2n) is 9.74. The Labute approximate surface area is 277 Å². The highest BCUT2D eigenvalue weighted by molar-refractivity contribution is 7.84. The standard InChI is InChI=1S/C19H16Cl2F24O4P2/c1-3-50(46,48-5-9(26,27)13(34,35)17(42,43)15(38,39)11(30,31)7(22)23)19(20,21)51(47,4-2)49-6-10(28,29)14(36,37)18(44,45)16(40,41)12(32,33)8(24)25/h7-8H,3-6H2,1-2H3. The molecule has 0 aromatic rings. The summed E-state index contributed by atoms with van der Waals surface area (Å²) in [4.78, 5) is 0. The van der Waals surface area contributed by atoms with Crippen molar-refractivity contribution in [2.75, 3.05) is 25.5 Å². The van der Waals surface area contributed by atoms with Crippen LogP contribution in [0.15, 0.2) is 0 Å². The Bertz CT molecular complexity index is 1230. The molecule has 0 spiro atoms. The fourth-order valence-electron chi connectivity index (χ4n) is 3.05. The summed E-state index contributed by atoms with van der Waals surface area (Å²) in [6.07, 6.45) is -15.4. The Hall–Kier alpha value is -0.720. The highest BCUT2D eigenvalue weighted by Gasteiger charge is 2.89. The van der Waals surface area contributed by atoms with Crippen molar-refractivity contribution < 1.29 is 124 Å². The second-order valence-corrected chi connectivity index (χ2v) is 18.3. The minimum absolute atomic E-state index is 0.289. The summed E-state index contributed by atoms with van der Waals surface area (Å²) < 4.78 is 351. The van der Waals surface area contributed by atoms with Gasteiger partial charge in [-0.15, -0.1) is 0 Å². The lowest BCUT2D eigenvalue weighted by atomic mass is 9.95. The predicted molar refractivity (Wildman–Crippen MR) is 124 cm³/mol. The van der Waals surface area contributed by atoms with Crippen LogP contribution in [0.5, 0.6) is 0 Å². The van der Waals surface area contributed by atoms with Crippen LogP contribution in [0, 0.1) is 0 Å². The van der Waals surface area contributed by atoms with Crippen LogP contribution in [0.4, 0.5) is 105 Å². The van der Waals surface area contributed by atoms with Crippen molar-refractivity contribution in [2.45, 2.75) is 89.7 Å². The maximum absolute atomic E-state index is 14.2. The molecule has 2 atom stereocenters. The van der Waals surface area contributed by atoms with E-state index in [1.54, 1.807) is 0 Å². The van der Waals surface area contributed by atoms with E-state index in [0.29, 0.717) is 0 Å². The number of hydrogen-bond donors (Lipinski definition) is 0. The average molecular weight is 897 g/mol. The Kier molecular flexibility index (Phi) is 14.2. The minimum atomic E-state index is -8.18. The van der Waals surface area contributed by atoms with Crippen molar-refractivity contribution in [3.05, 3.63) is 0 Å². The highest BCUT2D eigenvalue weighted by atomic mass is 35.5. The van der Waals surface area contributed by atoms with Crippen molar-refractivity contribution >= 4 is 37.9 Å². The van der Waals surface area contributed by atoms with Crippen LogP contribution >= 0.6 is 37.9 Å². The summed E-state index contributed by atoms with van der Waals surface area (Å²) in [5.41, 5.74) is 0. The molecule has 51 heavy (non-hydrogen) atoms. The first kappa shape index (κ1) is 50.3. The van der Waals surface area contributed by atoms with Crippen molar-refractivity contribution in [1.82, 2.24) is 0 Å². The van der Waals surface area contributed by atoms with Crippen LogP contribution in [0.25, 0.3) is 0 Å². The third-order valence-electron chi connectivity index (χ3n) is 6.44. The molecule has 0 aromatic carbocycles. The molecule has 32 heteroatoms. The van der Waals surface area contributed by atoms with Crippen molar-refractivity contribution in [3.8, 4) is 0 Å². The smallest absolute Gasteiger partial charge is 0.319 e. The predicted octanol–water partition coefficient (Wildman–Crippen LogP) is 11.6.